The summed E-state index contributed by atoms with van der Waals surface area (Å²) < 4.78 is 0. The molecule has 0 atom stereocenters. The second-order valence-electron chi connectivity index (χ2n) is 4.26. The minimum atomic E-state index is 0.343. The number of aromatic hydroxyl groups is 1. The highest BCUT2D eigenvalue weighted by Crippen LogP contribution is 2.26. The van der Waals surface area contributed by atoms with Crippen molar-refractivity contribution in [2.24, 2.45) is 5.92 Å². The second-order valence-corrected chi connectivity index (χ2v) is 4.69. The molecular weight excluding hydrogens is 210 g/mol. The van der Waals surface area contributed by atoms with Crippen molar-refractivity contribution in [2.75, 3.05) is 6.54 Å². The van der Waals surface area contributed by atoms with E-state index in [0.29, 0.717) is 23.2 Å². The first-order chi connectivity index (χ1) is 7.00. The Balaban J connectivity index is 2.68. The van der Waals surface area contributed by atoms with Crippen molar-refractivity contribution >= 4 is 11.6 Å². The molecule has 0 saturated carbocycles. The maximum absolute atomic E-state index is 9.79. The number of hydrogen-bond donors (Lipinski definition) is 2. The number of hydrogen-bond acceptors (Lipinski definition) is 2. The van der Waals surface area contributed by atoms with Gasteiger partial charge < -0.3 is 10.4 Å². The van der Waals surface area contributed by atoms with Crippen molar-refractivity contribution < 1.29 is 5.11 Å². The number of nitrogens with one attached hydrogen (secondary N) is 1. The Morgan fingerprint density at radius 1 is 1.40 bits per heavy atom. The minimum Gasteiger partial charge on any atom is -0.507 e. The van der Waals surface area contributed by atoms with Crippen LogP contribution in [0.4, 0.5) is 0 Å². The number of phenolic OH excluding ortho intramolecular Hbond substituents is 1. The summed E-state index contributed by atoms with van der Waals surface area (Å²) in [5.74, 6) is 0.947. The highest BCUT2D eigenvalue weighted by Gasteiger charge is 2.06. The van der Waals surface area contributed by atoms with Crippen LogP contribution in [0.2, 0.25) is 5.02 Å². The van der Waals surface area contributed by atoms with Crippen molar-refractivity contribution in [3.05, 3.63) is 28.3 Å². The molecule has 0 radical (unpaired) electrons. The summed E-state index contributed by atoms with van der Waals surface area (Å²) in [6, 6.07) is 3.57. The van der Waals surface area contributed by atoms with Crippen LogP contribution >= 0.6 is 11.6 Å². The van der Waals surface area contributed by atoms with E-state index in [1.807, 2.05) is 6.92 Å². The Morgan fingerprint density at radius 3 is 2.67 bits per heavy atom. The lowest BCUT2D eigenvalue weighted by Crippen LogP contribution is -2.19. The van der Waals surface area contributed by atoms with E-state index in [1.165, 1.54) is 0 Å². The molecule has 0 fully saturated rings. The molecule has 0 amide bonds. The van der Waals surface area contributed by atoms with Crippen LogP contribution in [0.1, 0.15) is 25.0 Å². The van der Waals surface area contributed by atoms with Crippen molar-refractivity contribution in [2.45, 2.75) is 27.3 Å². The third kappa shape index (κ3) is 3.73. The Morgan fingerprint density at radius 2 is 2.07 bits per heavy atom. The molecule has 0 heterocycles. The lowest BCUT2D eigenvalue weighted by molar-refractivity contribution is 0.457. The average molecular weight is 228 g/mol. The van der Waals surface area contributed by atoms with Crippen LogP contribution in [0.15, 0.2) is 12.1 Å². The van der Waals surface area contributed by atoms with Crippen molar-refractivity contribution in [1.29, 1.82) is 0 Å². The first-order valence-electron chi connectivity index (χ1n) is 5.19. The molecule has 1 aromatic carbocycles. The van der Waals surface area contributed by atoms with Gasteiger partial charge in [-0.2, -0.15) is 0 Å². The van der Waals surface area contributed by atoms with E-state index in [-0.39, 0.29) is 0 Å². The molecule has 0 unspecified atom stereocenters. The van der Waals surface area contributed by atoms with E-state index in [1.54, 1.807) is 12.1 Å². The normalized spacial score (nSPS) is 11.0. The summed E-state index contributed by atoms with van der Waals surface area (Å²) >= 11 is 5.92. The third-order valence-corrected chi connectivity index (χ3v) is 2.43. The number of phenols is 1. The molecule has 1 rings (SSSR count). The van der Waals surface area contributed by atoms with Crippen molar-refractivity contribution in [3.63, 3.8) is 0 Å². The van der Waals surface area contributed by atoms with Crippen molar-refractivity contribution in [3.8, 4) is 5.75 Å². The van der Waals surface area contributed by atoms with Crippen LogP contribution in [0.3, 0.4) is 0 Å². The average Bonchev–Trinajstić information content (AvgIpc) is 2.12. The molecule has 0 aliphatic carbocycles. The van der Waals surface area contributed by atoms with Crippen LogP contribution < -0.4 is 5.32 Å². The standard InChI is InChI=1S/C12H18ClNO/c1-8(2)6-14-7-10-5-11(13)4-9(3)12(10)15/h4-5,8,14-15H,6-7H2,1-3H3. The topological polar surface area (TPSA) is 32.3 Å². The highest BCUT2D eigenvalue weighted by molar-refractivity contribution is 6.30. The van der Waals surface area contributed by atoms with Gasteiger partial charge in [0.15, 0.2) is 0 Å². The maximum Gasteiger partial charge on any atom is 0.123 e. The molecule has 0 bridgehead atoms. The number of benzene rings is 1. The fourth-order valence-corrected chi connectivity index (χ4v) is 1.73. The van der Waals surface area contributed by atoms with Crippen LogP contribution in [0, 0.1) is 12.8 Å². The highest BCUT2D eigenvalue weighted by atomic mass is 35.5. The van der Waals surface area contributed by atoms with Gasteiger partial charge in [0.2, 0.25) is 0 Å². The lowest BCUT2D eigenvalue weighted by Gasteiger charge is -2.10. The Hall–Kier alpha value is -0.730. The quantitative estimate of drug-likeness (QED) is 0.829. The van der Waals surface area contributed by atoms with Gasteiger partial charge in [-0.3, -0.25) is 0 Å². The zero-order chi connectivity index (χ0) is 11.4. The minimum absolute atomic E-state index is 0.343. The molecule has 0 saturated heterocycles. The van der Waals surface area contributed by atoms with E-state index in [2.05, 4.69) is 19.2 Å². The zero-order valence-corrected chi connectivity index (χ0v) is 10.2. The van der Waals surface area contributed by atoms with Gasteiger partial charge in [0, 0.05) is 17.1 Å². The van der Waals surface area contributed by atoms with Gasteiger partial charge in [-0.1, -0.05) is 25.4 Å². The Labute approximate surface area is 96.3 Å². The molecule has 0 aliphatic heterocycles. The van der Waals surface area contributed by atoms with Crippen LogP contribution in [0.5, 0.6) is 5.75 Å². The van der Waals surface area contributed by atoms with E-state index in [9.17, 15) is 5.11 Å². The van der Waals surface area contributed by atoms with Gasteiger partial charge >= 0.3 is 0 Å². The molecule has 0 spiro atoms. The summed E-state index contributed by atoms with van der Waals surface area (Å²) in [6.07, 6.45) is 0. The van der Waals surface area contributed by atoms with Crippen LogP contribution in [-0.2, 0) is 6.54 Å². The van der Waals surface area contributed by atoms with Gasteiger partial charge in [-0.15, -0.1) is 0 Å². The number of halogens is 1. The summed E-state index contributed by atoms with van der Waals surface area (Å²) in [5, 5.41) is 13.7. The van der Waals surface area contributed by atoms with E-state index in [0.717, 1.165) is 17.7 Å². The van der Waals surface area contributed by atoms with Gasteiger partial charge in [0.25, 0.3) is 0 Å². The Bertz CT molecular complexity index is 337. The third-order valence-electron chi connectivity index (χ3n) is 2.21. The van der Waals surface area contributed by atoms with Gasteiger partial charge in [0.05, 0.1) is 0 Å². The molecule has 15 heavy (non-hydrogen) atoms. The number of rotatable bonds is 4. The van der Waals surface area contributed by atoms with Gasteiger partial charge in [-0.05, 0) is 37.1 Å². The predicted octanol–water partition coefficient (Wildman–Crippen LogP) is 3.10. The smallest absolute Gasteiger partial charge is 0.123 e. The molecule has 84 valence electrons. The zero-order valence-electron chi connectivity index (χ0n) is 9.47. The molecule has 1 aromatic rings. The van der Waals surface area contributed by atoms with Crippen LogP contribution in [0.25, 0.3) is 0 Å². The van der Waals surface area contributed by atoms with Crippen LogP contribution in [-0.4, -0.2) is 11.7 Å². The Kier molecular flexibility index (Phi) is 4.43. The molecule has 0 aromatic heterocycles. The molecular formula is C12H18ClNO. The predicted molar refractivity (Wildman–Crippen MR) is 64.4 cm³/mol. The maximum atomic E-state index is 9.79. The van der Waals surface area contributed by atoms with Gasteiger partial charge in [0.1, 0.15) is 5.75 Å². The first-order valence-corrected chi connectivity index (χ1v) is 5.57. The van der Waals surface area contributed by atoms with Crippen molar-refractivity contribution in [1.82, 2.24) is 5.32 Å². The molecule has 2 N–H and O–H groups in total. The van der Waals surface area contributed by atoms with E-state index in [4.69, 9.17) is 11.6 Å². The monoisotopic (exact) mass is 227 g/mol. The SMILES string of the molecule is Cc1cc(Cl)cc(CNCC(C)C)c1O. The molecule has 0 aliphatic rings. The summed E-state index contributed by atoms with van der Waals surface area (Å²) in [5.41, 5.74) is 1.68. The van der Waals surface area contributed by atoms with E-state index >= 15 is 0 Å². The lowest BCUT2D eigenvalue weighted by atomic mass is 10.1. The molecule has 3 heteroatoms. The summed E-state index contributed by atoms with van der Waals surface area (Å²) in [7, 11) is 0. The first kappa shape index (κ1) is 12.3. The fourth-order valence-electron chi connectivity index (χ4n) is 1.44. The largest absolute Gasteiger partial charge is 0.507 e. The molecule has 2 nitrogen and oxygen atoms in total. The second kappa shape index (κ2) is 5.38. The number of aryl methyl sites for hydroxylation is 1. The summed E-state index contributed by atoms with van der Waals surface area (Å²) in [4.78, 5) is 0. The summed E-state index contributed by atoms with van der Waals surface area (Å²) in [6.45, 7) is 7.75. The van der Waals surface area contributed by atoms with E-state index < -0.39 is 0 Å². The fraction of sp³-hybridized carbons (Fsp3) is 0.500. The van der Waals surface area contributed by atoms with Gasteiger partial charge in [-0.25, -0.2) is 0 Å².